The van der Waals surface area contributed by atoms with Crippen LogP contribution in [0.4, 0.5) is 11.4 Å². The number of nitro groups is 2. The number of esters is 1. The fourth-order valence-electron chi connectivity index (χ4n) is 2.06. The van der Waals surface area contributed by atoms with Crippen LogP contribution in [0.5, 0.6) is 0 Å². The minimum absolute atomic E-state index is 0.0308. The van der Waals surface area contributed by atoms with E-state index in [2.05, 4.69) is 0 Å². The lowest BCUT2D eigenvalue weighted by atomic mass is 10.1. The SMILES string of the molecule is COC(=O)C(/C=C/c1ccc([N+](=O)[O-])cc1)=C/c1ccc([N+](=O)[O-])cc1. The van der Waals surface area contributed by atoms with Gasteiger partial charge in [-0.1, -0.05) is 6.08 Å². The lowest BCUT2D eigenvalue weighted by Gasteiger charge is -2.01. The summed E-state index contributed by atoms with van der Waals surface area (Å²) >= 11 is 0. The summed E-state index contributed by atoms with van der Waals surface area (Å²) in [6.45, 7) is 0. The van der Waals surface area contributed by atoms with Gasteiger partial charge in [0.25, 0.3) is 11.4 Å². The molecule has 0 aliphatic carbocycles. The molecule has 0 amide bonds. The van der Waals surface area contributed by atoms with Crippen LogP contribution >= 0.6 is 0 Å². The lowest BCUT2D eigenvalue weighted by Crippen LogP contribution is -2.02. The second-order valence-electron chi connectivity index (χ2n) is 5.12. The molecule has 0 N–H and O–H groups in total. The topological polar surface area (TPSA) is 113 Å². The van der Waals surface area contributed by atoms with Crippen LogP contribution in [0.2, 0.25) is 0 Å². The van der Waals surface area contributed by atoms with Gasteiger partial charge in [-0.15, -0.1) is 0 Å². The molecule has 0 atom stereocenters. The molecule has 2 aromatic rings. The molecule has 132 valence electrons. The van der Waals surface area contributed by atoms with Gasteiger partial charge in [0.15, 0.2) is 0 Å². The number of carbonyl (C=O) groups is 1. The van der Waals surface area contributed by atoms with Gasteiger partial charge in [-0.3, -0.25) is 20.2 Å². The van der Waals surface area contributed by atoms with Crippen molar-refractivity contribution < 1.29 is 19.4 Å². The van der Waals surface area contributed by atoms with Crippen molar-refractivity contribution in [3.05, 3.63) is 91.5 Å². The Bertz CT molecular complexity index is 883. The van der Waals surface area contributed by atoms with Crippen molar-refractivity contribution in [2.45, 2.75) is 0 Å². The average molecular weight is 354 g/mol. The van der Waals surface area contributed by atoms with Crippen LogP contribution in [-0.4, -0.2) is 22.9 Å². The summed E-state index contributed by atoms with van der Waals surface area (Å²) in [4.78, 5) is 32.2. The van der Waals surface area contributed by atoms with E-state index in [1.54, 1.807) is 18.2 Å². The number of nitrogens with zero attached hydrogens (tertiary/aromatic N) is 2. The number of hydrogen-bond acceptors (Lipinski definition) is 6. The Morgan fingerprint density at radius 1 is 0.885 bits per heavy atom. The first kappa shape index (κ1) is 18.5. The number of nitro benzene ring substituents is 2. The molecule has 8 heteroatoms. The largest absolute Gasteiger partial charge is 0.465 e. The molecule has 0 unspecified atom stereocenters. The van der Waals surface area contributed by atoms with Crippen molar-refractivity contribution in [1.82, 2.24) is 0 Å². The molecule has 0 saturated heterocycles. The Morgan fingerprint density at radius 3 is 1.77 bits per heavy atom. The van der Waals surface area contributed by atoms with Crippen LogP contribution in [0.1, 0.15) is 11.1 Å². The van der Waals surface area contributed by atoms with Gasteiger partial charge in [-0.05, 0) is 47.5 Å². The Morgan fingerprint density at radius 2 is 1.35 bits per heavy atom. The van der Waals surface area contributed by atoms with E-state index < -0.39 is 15.8 Å². The first-order chi connectivity index (χ1) is 12.4. The van der Waals surface area contributed by atoms with E-state index in [9.17, 15) is 25.0 Å². The van der Waals surface area contributed by atoms with Crippen LogP contribution in [0.15, 0.2) is 60.2 Å². The Labute approximate surface area is 148 Å². The zero-order chi connectivity index (χ0) is 19.1. The van der Waals surface area contributed by atoms with Gasteiger partial charge < -0.3 is 4.74 Å². The summed E-state index contributed by atoms with van der Waals surface area (Å²) in [6, 6.07) is 11.5. The Balaban J connectivity index is 2.27. The molecule has 2 rings (SSSR count). The third-order valence-electron chi connectivity index (χ3n) is 3.41. The molecule has 8 nitrogen and oxygen atoms in total. The molecular formula is C18H14N2O6. The quantitative estimate of drug-likeness (QED) is 0.256. The van der Waals surface area contributed by atoms with Gasteiger partial charge in [0.2, 0.25) is 0 Å². The fourth-order valence-corrected chi connectivity index (χ4v) is 2.06. The monoisotopic (exact) mass is 354 g/mol. The highest BCUT2D eigenvalue weighted by atomic mass is 16.6. The molecule has 0 bridgehead atoms. The molecule has 0 aliphatic rings. The molecule has 0 saturated carbocycles. The summed E-state index contributed by atoms with van der Waals surface area (Å²) in [5.41, 5.74) is 1.39. The standard InChI is InChI=1S/C18H14N2O6/c1-26-18(21)15(12-14-5-10-17(11-6-14)20(24)25)7-2-13-3-8-16(9-4-13)19(22)23/h2-12H,1H3/b7-2+,15-12+. The van der Waals surface area contributed by atoms with E-state index in [1.807, 2.05) is 0 Å². The van der Waals surface area contributed by atoms with Gasteiger partial charge in [-0.25, -0.2) is 4.79 Å². The number of hydrogen-bond donors (Lipinski definition) is 0. The Hall–Kier alpha value is -3.81. The number of benzene rings is 2. The molecule has 0 aromatic heterocycles. The van der Waals surface area contributed by atoms with Gasteiger partial charge in [0.1, 0.15) is 0 Å². The van der Waals surface area contributed by atoms with Gasteiger partial charge >= 0.3 is 5.97 Å². The van der Waals surface area contributed by atoms with E-state index in [0.29, 0.717) is 11.1 Å². The Kier molecular flexibility index (Phi) is 5.94. The van der Waals surface area contributed by atoms with Crippen LogP contribution in [0, 0.1) is 20.2 Å². The van der Waals surface area contributed by atoms with Crippen molar-refractivity contribution in [1.29, 1.82) is 0 Å². The van der Waals surface area contributed by atoms with Crippen molar-refractivity contribution >= 4 is 29.5 Å². The molecule has 0 spiro atoms. The molecule has 0 aliphatic heterocycles. The normalized spacial score (nSPS) is 11.3. The van der Waals surface area contributed by atoms with Gasteiger partial charge in [-0.2, -0.15) is 0 Å². The lowest BCUT2D eigenvalue weighted by molar-refractivity contribution is -0.385. The maximum absolute atomic E-state index is 11.9. The van der Waals surface area contributed by atoms with E-state index in [0.717, 1.165) is 0 Å². The first-order valence-electron chi connectivity index (χ1n) is 7.37. The molecule has 0 radical (unpaired) electrons. The third-order valence-corrected chi connectivity index (χ3v) is 3.41. The smallest absolute Gasteiger partial charge is 0.337 e. The number of non-ortho nitro benzene ring substituents is 2. The van der Waals surface area contributed by atoms with Crippen molar-refractivity contribution in [2.24, 2.45) is 0 Å². The van der Waals surface area contributed by atoms with E-state index >= 15 is 0 Å². The van der Waals surface area contributed by atoms with E-state index in [4.69, 9.17) is 4.74 Å². The highest BCUT2D eigenvalue weighted by Gasteiger charge is 2.08. The maximum atomic E-state index is 11.9. The highest BCUT2D eigenvalue weighted by molar-refractivity contribution is 5.97. The molecular weight excluding hydrogens is 340 g/mol. The zero-order valence-corrected chi connectivity index (χ0v) is 13.7. The first-order valence-corrected chi connectivity index (χ1v) is 7.37. The number of ether oxygens (including phenoxy) is 1. The van der Waals surface area contributed by atoms with E-state index in [-0.39, 0.29) is 16.9 Å². The predicted octanol–water partition coefficient (Wildman–Crippen LogP) is 3.77. The van der Waals surface area contributed by atoms with E-state index in [1.165, 1.54) is 55.7 Å². The van der Waals surface area contributed by atoms with Crippen molar-refractivity contribution in [3.63, 3.8) is 0 Å². The van der Waals surface area contributed by atoms with Gasteiger partial charge in [0, 0.05) is 24.3 Å². The molecule has 2 aromatic carbocycles. The average Bonchev–Trinajstić information content (AvgIpc) is 2.65. The minimum atomic E-state index is -0.582. The summed E-state index contributed by atoms with van der Waals surface area (Å²) < 4.78 is 4.73. The summed E-state index contributed by atoms with van der Waals surface area (Å²) in [5.74, 6) is -0.582. The second kappa shape index (κ2) is 8.34. The number of carbonyl (C=O) groups excluding carboxylic acids is 1. The minimum Gasteiger partial charge on any atom is -0.465 e. The van der Waals surface area contributed by atoms with Crippen LogP contribution in [0.25, 0.3) is 12.2 Å². The third kappa shape index (κ3) is 4.84. The summed E-state index contributed by atoms with van der Waals surface area (Å²) in [5, 5.41) is 21.3. The van der Waals surface area contributed by atoms with Crippen molar-refractivity contribution in [3.8, 4) is 0 Å². The zero-order valence-electron chi connectivity index (χ0n) is 13.7. The number of rotatable bonds is 6. The highest BCUT2D eigenvalue weighted by Crippen LogP contribution is 2.17. The predicted molar refractivity (Wildman–Crippen MR) is 95.2 cm³/mol. The second-order valence-corrected chi connectivity index (χ2v) is 5.12. The van der Waals surface area contributed by atoms with Crippen LogP contribution in [-0.2, 0) is 9.53 Å². The summed E-state index contributed by atoms with van der Waals surface area (Å²) in [7, 11) is 1.24. The van der Waals surface area contributed by atoms with Gasteiger partial charge in [0.05, 0.1) is 22.5 Å². The van der Waals surface area contributed by atoms with Crippen molar-refractivity contribution in [2.75, 3.05) is 7.11 Å². The van der Waals surface area contributed by atoms with Crippen LogP contribution < -0.4 is 0 Å². The fraction of sp³-hybridized carbons (Fsp3) is 0.0556. The molecule has 0 heterocycles. The number of methoxy groups -OCH3 is 1. The summed E-state index contributed by atoms with van der Waals surface area (Å²) in [6.07, 6.45) is 4.64. The molecule has 26 heavy (non-hydrogen) atoms. The maximum Gasteiger partial charge on any atom is 0.337 e. The molecule has 0 fully saturated rings. The van der Waals surface area contributed by atoms with Crippen LogP contribution in [0.3, 0.4) is 0 Å².